The van der Waals surface area contributed by atoms with Crippen LogP contribution >= 0.6 is 12.4 Å². The zero-order valence-corrected chi connectivity index (χ0v) is 12.6. The van der Waals surface area contributed by atoms with Gasteiger partial charge in [0.25, 0.3) is 0 Å². The molecule has 0 saturated heterocycles. The van der Waals surface area contributed by atoms with Crippen molar-refractivity contribution >= 4 is 18.3 Å². The van der Waals surface area contributed by atoms with E-state index in [1.807, 2.05) is 6.07 Å². The predicted molar refractivity (Wildman–Crippen MR) is 80.2 cm³/mol. The van der Waals surface area contributed by atoms with Crippen LogP contribution < -0.4 is 11.1 Å². The van der Waals surface area contributed by atoms with E-state index in [2.05, 4.69) is 5.32 Å². The van der Waals surface area contributed by atoms with Gasteiger partial charge in [-0.25, -0.2) is 4.39 Å². The average molecular weight is 301 g/mol. The fraction of sp³-hybridized carbons (Fsp3) is 0.533. The molecule has 20 heavy (non-hydrogen) atoms. The molecule has 5 heteroatoms. The summed E-state index contributed by atoms with van der Waals surface area (Å²) in [7, 11) is 0. The fourth-order valence-corrected chi connectivity index (χ4v) is 2.51. The van der Waals surface area contributed by atoms with Crippen molar-refractivity contribution in [1.29, 1.82) is 0 Å². The Balaban J connectivity index is 0.00000200. The Hall–Kier alpha value is -1.13. The Bertz CT molecular complexity index is 473. The summed E-state index contributed by atoms with van der Waals surface area (Å²) in [5, 5.41) is 2.83. The number of nitrogens with one attached hydrogen (secondary N) is 1. The third-order valence-electron chi connectivity index (χ3n) is 3.89. The number of hydrogen-bond acceptors (Lipinski definition) is 2. The molecule has 0 unspecified atom stereocenters. The van der Waals surface area contributed by atoms with Crippen molar-refractivity contribution in [3.63, 3.8) is 0 Å². The Morgan fingerprint density at radius 2 is 2.00 bits per heavy atom. The first-order chi connectivity index (χ1) is 9.01. The van der Waals surface area contributed by atoms with Crippen LogP contribution in [0, 0.1) is 12.7 Å². The van der Waals surface area contributed by atoms with E-state index in [1.54, 1.807) is 13.0 Å². The molecule has 0 radical (unpaired) electrons. The van der Waals surface area contributed by atoms with E-state index in [1.165, 1.54) is 6.07 Å². The molecule has 1 aromatic carbocycles. The van der Waals surface area contributed by atoms with Gasteiger partial charge < -0.3 is 11.1 Å². The maximum atomic E-state index is 13.4. The van der Waals surface area contributed by atoms with E-state index in [-0.39, 0.29) is 24.1 Å². The van der Waals surface area contributed by atoms with Gasteiger partial charge in [-0.3, -0.25) is 4.79 Å². The SMILES string of the molecule is Cc1ccc(CNC(=O)C2(N)CCCCC2)cc1F.Cl. The number of halogens is 2. The van der Waals surface area contributed by atoms with Gasteiger partial charge in [0.15, 0.2) is 0 Å². The highest BCUT2D eigenvalue weighted by molar-refractivity contribution is 5.86. The molecule has 1 fully saturated rings. The molecule has 0 aliphatic heterocycles. The maximum Gasteiger partial charge on any atom is 0.240 e. The average Bonchev–Trinajstić information content (AvgIpc) is 2.40. The summed E-state index contributed by atoms with van der Waals surface area (Å²) >= 11 is 0. The lowest BCUT2D eigenvalue weighted by atomic mass is 9.82. The summed E-state index contributed by atoms with van der Waals surface area (Å²) in [6, 6.07) is 5.00. The van der Waals surface area contributed by atoms with Gasteiger partial charge in [-0.1, -0.05) is 31.4 Å². The van der Waals surface area contributed by atoms with Crippen molar-refractivity contribution in [2.24, 2.45) is 5.73 Å². The van der Waals surface area contributed by atoms with Crippen molar-refractivity contribution in [2.45, 2.75) is 51.1 Å². The lowest BCUT2D eigenvalue weighted by molar-refractivity contribution is -0.127. The van der Waals surface area contributed by atoms with Gasteiger partial charge in [0, 0.05) is 6.54 Å². The molecule has 0 heterocycles. The van der Waals surface area contributed by atoms with Crippen LogP contribution in [-0.4, -0.2) is 11.4 Å². The smallest absolute Gasteiger partial charge is 0.240 e. The Kier molecular flexibility index (Phi) is 5.96. The van der Waals surface area contributed by atoms with Crippen LogP contribution in [0.1, 0.15) is 43.2 Å². The number of carbonyl (C=O) groups is 1. The molecule has 0 atom stereocenters. The second kappa shape index (κ2) is 7.04. The molecule has 1 aliphatic rings. The van der Waals surface area contributed by atoms with Gasteiger partial charge in [0.05, 0.1) is 5.54 Å². The Morgan fingerprint density at radius 3 is 2.60 bits per heavy atom. The minimum atomic E-state index is -0.735. The molecule has 112 valence electrons. The molecule has 1 aliphatic carbocycles. The highest BCUT2D eigenvalue weighted by atomic mass is 35.5. The topological polar surface area (TPSA) is 55.1 Å². The third-order valence-corrected chi connectivity index (χ3v) is 3.89. The second-order valence-corrected chi connectivity index (χ2v) is 5.48. The molecular formula is C15H22ClFN2O. The van der Waals surface area contributed by atoms with Crippen molar-refractivity contribution in [1.82, 2.24) is 5.32 Å². The minimum absolute atomic E-state index is 0. The largest absolute Gasteiger partial charge is 0.350 e. The predicted octanol–water partition coefficient (Wildman–Crippen LogP) is 2.83. The molecule has 0 spiro atoms. The van der Waals surface area contributed by atoms with E-state index in [0.717, 1.165) is 37.7 Å². The van der Waals surface area contributed by atoms with Gasteiger partial charge in [-0.15, -0.1) is 12.4 Å². The van der Waals surface area contributed by atoms with Crippen LogP contribution in [0.25, 0.3) is 0 Å². The zero-order chi connectivity index (χ0) is 13.9. The molecule has 0 bridgehead atoms. The lowest BCUT2D eigenvalue weighted by Crippen LogP contribution is -2.54. The summed E-state index contributed by atoms with van der Waals surface area (Å²) in [5.41, 5.74) is 6.77. The number of carbonyl (C=O) groups excluding carboxylic acids is 1. The first-order valence-electron chi connectivity index (χ1n) is 6.83. The van der Waals surface area contributed by atoms with Gasteiger partial charge in [0.1, 0.15) is 5.82 Å². The first-order valence-corrected chi connectivity index (χ1v) is 6.83. The standard InChI is InChI=1S/C15H21FN2O.ClH/c1-11-5-6-12(9-13(11)16)10-18-14(19)15(17)7-3-2-4-8-15;/h5-6,9H,2-4,7-8,10,17H2,1H3,(H,18,19);1H. The van der Waals surface area contributed by atoms with Crippen LogP contribution in [-0.2, 0) is 11.3 Å². The summed E-state index contributed by atoms with van der Waals surface area (Å²) in [4.78, 5) is 12.1. The summed E-state index contributed by atoms with van der Waals surface area (Å²) in [6.07, 6.45) is 4.63. The number of amides is 1. The summed E-state index contributed by atoms with van der Waals surface area (Å²) < 4.78 is 13.4. The molecule has 2 rings (SSSR count). The van der Waals surface area contributed by atoms with Gasteiger partial charge in [-0.2, -0.15) is 0 Å². The van der Waals surface area contributed by atoms with E-state index in [4.69, 9.17) is 5.73 Å². The Morgan fingerprint density at radius 1 is 1.35 bits per heavy atom. The Labute approximate surface area is 125 Å². The van der Waals surface area contributed by atoms with Crippen molar-refractivity contribution in [2.75, 3.05) is 0 Å². The van der Waals surface area contributed by atoms with E-state index >= 15 is 0 Å². The highest BCUT2D eigenvalue weighted by Crippen LogP contribution is 2.26. The van der Waals surface area contributed by atoms with Crippen LogP contribution in [0.15, 0.2) is 18.2 Å². The molecule has 1 saturated carbocycles. The zero-order valence-electron chi connectivity index (χ0n) is 11.7. The second-order valence-electron chi connectivity index (χ2n) is 5.48. The highest BCUT2D eigenvalue weighted by Gasteiger charge is 2.34. The molecule has 1 aromatic rings. The number of hydrogen-bond donors (Lipinski definition) is 2. The quantitative estimate of drug-likeness (QED) is 0.902. The summed E-state index contributed by atoms with van der Waals surface area (Å²) in [5.74, 6) is -0.361. The molecular weight excluding hydrogens is 279 g/mol. The van der Waals surface area contributed by atoms with Crippen molar-refractivity contribution < 1.29 is 9.18 Å². The normalized spacial score (nSPS) is 17.1. The molecule has 0 aromatic heterocycles. The van der Waals surface area contributed by atoms with Gasteiger partial charge in [-0.05, 0) is 37.0 Å². The van der Waals surface area contributed by atoms with Crippen molar-refractivity contribution in [3.8, 4) is 0 Å². The van der Waals surface area contributed by atoms with Crippen LogP contribution in [0.2, 0.25) is 0 Å². The van der Waals surface area contributed by atoms with E-state index in [0.29, 0.717) is 12.1 Å². The molecule has 1 amide bonds. The number of benzene rings is 1. The van der Waals surface area contributed by atoms with E-state index in [9.17, 15) is 9.18 Å². The van der Waals surface area contributed by atoms with E-state index < -0.39 is 5.54 Å². The monoisotopic (exact) mass is 300 g/mol. The third kappa shape index (κ3) is 3.93. The van der Waals surface area contributed by atoms with Crippen LogP contribution in [0.5, 0.6) is 0 Å². The number of rotatable bonds is 3. The minimum Gasteiger partial charge on any atom is -0.350 e. The lowest BCUT2D eigenvalue weighted by Gasteiger charge is -2.31. The van der Waals surface area contributed by atoms with Gasteiger partial charge in [0.2, 0.25) is 5.91 Å². The van der Waals surface area contributed by atoms with Gasteiger partial charge >= 0.3 is 0 Å². The maximum absolute atomic E-state index is 13.4. The van der Waals surface area contributed by atoms with Crippen LogP contribution in [0.3, 0.4) is 0 Å². The molecule has 3 N–H and O–H groups in total. The number of aryl methyl sites for hydroxylation is 1. The van der Waals surface area contributed by atoms with Crippen molar-refractivity contribution in [3.05, 3.63) is 35.1 Å². The number of nitrogens with two attached hydrogens (primary N) is 1. The first kappa shape index (κ1) is 16.9. The summed E-state index contributed by atoms with van der Waals surface area (Å²) in [6.45, 7) is 2.05. The van der Waals surface area contributed by atoms with Crippen LogP contribution in [0.4, 0.5) is 4.39 Å². The fourth-order valence-electron chi connectivity index (χ4n) is 2.51. The molecule has 3 nitrogen and oxygen atoms in total.